The van der Waals surface area contributed by atoms with Crippen molar-refractivity contribution < 1.29 is 19.1 Å². The number of fused-ring (bicyclic) bond motifs is 5. The number of methoxy groups -OCH3 is 1. The normalized spacial score (nSPS) is 30.6. The van der Waals surface area contributed by atoms with Crippen molar-refractivity contribution in [1.82, 2.24) is 4.90 Å². The lowest BCUT2D eigenvalue weighted by Crippen LogP contribution is -2.39. The summed E-state index contributed by atoms with van der Waals surface area (Å²) in [5.41, 5.74) is 0.611. The molecule has 1 saturated heterocycles. The summed E-state index contributed by atoms with van der Waals surface area (Å²) in [5, 5.41) is 2.72. The molecule has 1 heterocycles. The first-order chi connectivity index (χ1) is 11.6. The van der Waals surface area contributed by atoms with E-state index < -0.39 is 0 Å². The molecule has 2 aliphatic carbocycles. The highest BCUT2D eigenvalue weighted by atomic mass is 16.5. The quantitative estimate of drug-likeness (QED) is 0.853. The topological polar surface area (TPSA) is 75.7 Å². The second-order valence-corrected chi connectivity index (χ2v) is 6.92. The number of anilines is 1. The number of imide groups is 1. The Balaban J connectivity index is 1.42. The van der Waals surface area contributed by atoms with Crippen molar-refractivity contribution in [3.8, 4) is 5.75 Å². The standard InChI is InChI=1S/C18H20N2O4/c1-24-13-6-4-12(5-7-13)19-14(21)9-20-17(22)15-10-2-3-11(8-10)16(15)18(20)23/h4-7,10-11,15-16H,2-3,8-9H2,1H3,(H,19,21)/t10-,11-,15-,16+/m0/s1. The van der Waals surface area contributed by atoms with Crippen LogP contribution in [-0.4, -0.2) is 36.3 Å². The third-order valence-corrected chi connectivity index (χ3v) is 5.69. The lowest BCUT2D eigenvalue weighted by atomic mass is 9.81. The molecular weight excluding hydrogens is 308 g/mol. The zero-order valence-corrected chi connectivity index (χ0v) is 13.5. The molecule has 0 spiro atoms. The van der Waals surface area contributed by atoms with Crippen molar-refractivity contribution >= 4 is 23.4 Å². The number of nitrogens with zero attached hydrogens (tertiary/aromatic N) is 1. The van der Waals surface area contributed by atoms with Gasteiger partial charge in [-0.15, -0.1) is 0 Å². The Morgan fingerprint density at radius 2 is 1.71 bits per heavy atom. The summed E-state index contributed by atoms with van der Waals surface area (Å²) in [5.74, 6) is 0.367. The highest BCUT2D eigenvalue weighted by Crippen LogP contribution is 2.56. The van der Waals surface area contributed by atoms with Gasteiger partial charge < -0.3 is 10.1 Å². The van der Waals surface area contributed by atoms with Crippen LogP contribution in [0.15, 0.2) is 24.3 Å². The predicted octanol–water partition coefficient (Wildman–Crippen LogP) is 1.66. The van der Waals surface area contributed by atoms with Gasteiger partial charge in [-0.1, -0.05) is 0 Å². The molecule has 1 aromatic carbocycles. The zero-order chi connectivity index (χ0) is 16.8. The molecule has 24 heavy (non-hydrogen) atoms. The first-order valence-corrected chi connectivity index (χ1v) is 8.37. The Morgan fingerprint density at radius 3 is 2.25 bits per heavy atom. The van der Waals surface area contributed by atoms with Crippen LogP contribution in [0.1, 0.15) is 19.3 Å². The Bertz CT molecular complexity index is 671. The van der Waals surface area contributed by atoms with Crippen molar-refractivity contribution in [1.29, 1.82) is 0 Å². The minimum absolute atomic E-state index is 0.151. The summed E-state index contributed by atoms with van der Waals surface area (Å²) < 4.78 is 5.07. The van der Waals surface area contributed by atoms with Gasteiger partial charge in [0.25, 0.3) is 0 Å². The third kappa shape index (κ3) is 2.28. The number of likely N-dealkylation sites (tertiary alicyclic amines) is 1. The predicted molar refractivity (Wildman–Crippen MR) is 86.2 cm³/mol. The molecule has 1 N–H and O–H groups in total. The van der Waals surface area contributed by atoms with Crippen LogP contribution in [-0.2, 0) is 14.4 Å². The molecule has 3 aliphatic rings. The van der Waals surface area contributed by atoms with E-state index in [9.17, 15) is 14.4 Å². The summed E-state index contributed by atoms with van der Waals surface area (Å²) in [6.07, 6.45) is 3.08. The van der Waals surface area contributed by atoms with E-state index in [0.717, 1.165) is 19.3 Å². The molecular formula is C18H20N2O4. The lowest BCUT2D eigenvalue weighted by Gasteiger charge is -2.19. The summed E-state index contributed by atoms with van der Waals surface area (Å²) in [6.45, 7) is -0.198. The number of rotatable bonds is 4. The van der Waals surface area contributed by atoms with Gasteiger partial charge in [0.1, 0.15) is 12.3 Å². The molecule has 1 aromatic rings. The van der Waals surface area contributed by atoms with E-state index in [2.05, 4.69) is 5.32 Å². The molecule has 126 valence electrons. The average Bonchev–Trinajstić information content (AvgIpc) is 3.25. The van der Waals surface area contributed by atoms with Gasteiger partial charge in [0.05, 0.1) is 18.9 Å². The van der Waals surface area contributed by atoms with Gasteiger partial charge in [0, 0.05) is 5.69 Å². The van der Waals surface area contributed by atoms with Crippen LogP contribution in [0.2, 0.25) is 0 Å². The van der Waals surface area contributed by atoms with E-state index in [-0.39, 0.29) is 36.1 Å². The number of hydrogen-bond donors (Lipinski definition) is 1. The molecule has 3 fully saturated rings. The monoisotopic (exact) mass is 328 g/mol. The Hall–Kier alpha value is -2.37. The smallest absolute Gasteiger partial charge is 0.244 e. The number of carbonyl (C=O) groups is 3. The maximum absolute atomic E-state index is 12.6. The molecule has 1 aliphatic heterocycles. The van der Waals surface area contributed by atoms with E-state index in [0.29, 0.717) is 23.3 Å². The number of nitrogens with one attached hydrogen (secondary N) is 1. The van der Waals surface area contributed by atoms with Crippen molar-refractivity contribution in [3.05, 3.63) is 24.3 Å². The SMILES string of the molecule is COc1ccc(NC(=O)CN2C(=O)[C@@H]3[C@H]4CC[C@@H](C4)[C@@H]3C2=O)cc1. The first kappa shape index (κ1) is 15.2. The molecule has 3 amide bonds. The number of benzene rings is 1. The van der Waals surface area contributed by atoms with Crippen molar-refractivity contribution in [2.45, 2.75) is 19.3 Å². The van der Waals surface area contributed by atoms with E-state index in [4.69, 9.17) is 4.74 Å². The van der Waals surface area contributed by atoms with Crippen LogP contribution in [0.3, 0.4) is 0 Å². The van der Waals surface area contributed by atoms with Crippen LogP contribution in [0.4, 0.5) is 5.69 Å². The maximum Gasteiger partial charge on any atom is 0.244 e. The van der Waals surface area contributed by atoms with Gasteiger partial charge in [0.2, 0.25) is 17.7 Å². The first-order valence-electron chi connectivity index (χ1n) is 8.37. The fourth-order valence-corrected chi connectivity index (χ4v) is 4.64. The lowest BCUT2D eigenvalue weighted by molar-refractivity contribution is -0.143. The van der Waals surface area contributed by atoms with E-state index in [1.807, 2.05) is 0 Å². The molecule has 0 unspecified atom stereocenters. The highest BCUT2D eigenvalue weighted by Gasteiger charge is 2.60. The Kier molecular flexibility index (Phi) is 3.55. The molecule has 6 heteroatoms. The van der Waals surface area contributed by atoms with E-state index in [1.54, 1.807) is 31.4 Å². The molecule has 6 nitrogen and oxygen atoms in total. The van der Waals surface area contributed by atoms with E-state index >= 15 is 0 Å². The fraction of sp³-hybridized carbons (Fsp3) is 0.500. The molecule has 4 rings (SSSR count). The summed E-state index contributed by atoms with van der Waals surface area (Å²) in [4.78, 5) is 38.5. The fourth-order valence-electron chi connectivity index (χ4n) is 4.64. The number of carbonyl (C=O) groups excluding carboxylic acids is 3. The van der Waals surface area contributed by atoms with E-state index in [1.165, 1.54) is 4.90 Å². The van der Waals surface area contributed by atoms with Crippen LogP contribution in [0.5, 0.6) is 5.75 Å². The Labute approximate surface area is 140 Å². The van der Waals surface area contributed by atoms with Gasteiger partial charge in [-0.3, -0.25) is 19.3 Å². The van der Waals surface area contributed by atoms with Crippen LogP contribution in [0.25, 0.3) is 0 Å². The summed E-state index contributed by atoms with van der Waals surface area (Å²) in [6, 6.07) is 6.92. The van der Waals surface area contributed by atoms with Gasteiger partial charge in [0.15, 0.2) is 0 Å². The number of ether oxygens (including phenoxy) is 1. The summed E-state index contributed by atoms with van der Waals surface area (Å²) in [7, 11) is 1.57. The number of amides is 3. The van der Waals surface area contributed by atoms with Crippen molar-refractivity contribution in [2.75, 3.05) is 19.0 Å². The molecule has 4 atom stereocenters. The minimum Gasteiger partial charge on any atom is -0.497 e. The van der Waals surface area contributed by atoms with Crippen LogP contribution >= 0.6 is 0 Å². The van der Waals surface area contributed by atoms with Crippen molar-refractivity contribution in [3.63, 3.8) is 0 Å². The average molecular weight is 328 g/mol. The van der Waals surface area contributed by atoms with Crippen LogP contribution in [0, 0.1) is 23.7 Å². The third-order valence-electron chi connectivity index (χ3n) is 5.69. The van der Waals surface area contributed by atoms with Gasteiger partial charge in [-0.05, 0) is 55.4 Å². The second kappa shape index (κ2) is 5.61. The zero-order valence-electron chi connectivity index (χ0n) is 13.5. The molecule has 2 saturated carbocycles. The molecule has 0 aromatic heterocycles. The molecule has 0 radical (unpaired) electrons. The van der Waals surface area contributed by atoms with Crippen molar-refractivity contribution in [2.24, 2.45) is 23.7 Å². The Morgan fingerprint density at radius 1 is 1.12 bits per heavy atom. The van der Waals surface area contributed by atoms with Gasteiger partial charge in [-0.25, -0.2) is 0 Å². The maximum atomic E-state index is 12.6. The number of hydrogen-bond acceptors (Lipinski definition) is 4. The second-order valence-electron chi connectivity index (χ2n) is 6.92. The summed E-state index contributed by atoms with van der Waals surface area (Å²) >= 11 is 0. The minimum atomic E-state index is -0.353. The van der Waals surface area contributed by atoms with Crippen LogP contribution < -0.4 is 10.1 Å². The largest absolute Gasteiger partial charge is 0.497 e. The highest BCUT2D eigenvalue weighted by molar-refractivity contribution is 6.09. The van der Waals surface area contributed by atoms with Gasteiger partial charge in [-0.2, -0.15) is 0 Å². The van der Waals surface area contributed by atoms with Gasteiger partial charge >= 0.3 is 0 Å². The molecule has 2 bridgehead atoms.